The smallest absolute Gasteiger partial charge is 0.0861 e. The Hall–Kier alpha value is -0.160. The monoisotopic (exact) mass is 203 g/mol. The topological polar surface area (TPSA) is 75.7 Å². The van der Waals surface area contributed by atoms with Crippen molar-refractivity contribution in [3.8, 4) is 0 Å². The standard InChI is InChI=1S/C10H21NO3/c1-14-10-7(3-2-4-11)5-8(6-12)9(10)13/h7-10,12-13H,2-6,11H2,1H3. The summed E-state index contributed by atoms with van der Waals surface area (Å²) in [6.07, 6.45) is 2.13. The lowest BCUT2D eigenvalue weighted by Crippen LogP contribution is -2.31. The Kier molecular flexibility index (Phi) is 4.81. The molecule has 0 heterocycles. The Morgan fingerprint density at radius 3 is 2.64 bits per heavy atom. The first-order valence-corrected chi connectivity index (χ1v) is 5.26. The second-order valence-electron chi connectivity index (χ2n) is 4.06. The zero-order valence-electron chi connectivity index (χ0n) is 8.72. The highest BCUT2D eigenvalue weighted by Crippen LogP contribution is 2.35. The summed E-state index contributed by atoms with van der Waals surface area (Å²) < 4.78 is 5.26. The molecular formula is C10H21NO3. The number of methoxy groups -OCH3 is 1. The molecule has 4 nitrogen and oxygen atoms in total. The van der Waals surface area contributed by atoms with E-state index < -0.39 is 6.10 Å². The Morgan fingerprint density at radius 1 is 1.43 bits per heavy atom. The van der Waals surface area contributed by atoms with Gasteiger partial charge in [0.25, 0.3) is 0 Å². The predicted molar refractivity (Wildman–Crippen MR) is 53.8 cm³/mol. The Bertz CT molecular complexity index is 165. The number of nitrogens with two attached hydrogens (primary N) is 1. The molecule has 14 heavy (non-hydrogen) atoms. The molecule has 84 valence electrons. The lowest BCUT2D eigenvalue weighted by atomic mass is 9.98. The molecule has 0 spiro atoms. The summed E-state index contributed by atoms with van der Waals surface area (Å²) >= 11 is 0. The molecule has 1 fully saturated rings. The van der Waals surface area contributed by atoms with Crippen LogP contribution in [-0.4, -0.2) is 42.7 Å². The Balaban J connectivity index is 2.49. The van der Waals surface area contributed by atoms with E-state index in [4.69, 9.17) is 15.6 Å². The number of rotatable bonds is 5. The van der Waals surface area contributed by atoms with Gasteiger partial charge in [-0.05, 0) is 31.7 Å². The van der Waals surface area contributed by atoms with Crippen LogP contribution >= 0.6 is 0 Å². The number of aliphatic hydroxyl groups excluding tert-OH is 2. The lowest BCUT2D eigenvalue weighted by Gasteiger charge is -2.20. The lowest BCUT2D eigenvalue weighted by molar-refractivity contribution is -0.0330. The minimum atomic E-state index is -0.521. The van der Waals surface area contributed by atoms with Crippen LogP contribution in [0.25, 0.3) is 0 Å². The molecule has 1 aliphatic carbocycles. The van der Waals surface area contributed by atoms with Crippen LogP contribution < -0.4 is 5.73 Å². The zero-order valence-corrected chi connectivity index (χ0v) is 8.72. The molecule has 4 heteroatoms. The predicted octanol–water partition coefficient (Wildman–Crippen LogP) is -0.270. The first-order chi connectivity index (χ1) is 6.74. The highest BCUT2D eigenvalue weighted by atomic mass is 16.5. The van der Waals surface area contributed by atoms with Crippen molar-refractivity contribution in [2.75, 3.05) is 20.3 Å². The second kappa shape index (κ2) is 5.66. The number of hydrogen-bond donors (Lipinski definition) is 3. The van der Waals surface area contributed by atoms with Crippen molar-refractivity contribution in [3.63, 3.8) is 0 Å². The van der Waals surface area contributed by atoms with Gasteiger partial charge >= 0.3 is 0 Å². The molecule has 0 aromatic carbocycles. The summed E-state index contributed by atoms with van der Waals surface area (Å²) in [4.78, 5) is 0. The molecule has 1 rings (SSSR count). The maximum atomic E-state index is 9.80. The van der Waals surface area contributed by atoms with E-state index in [0.717, 1.165) is 19.3 Å². The van der Waals surface area contributed by atoms with Gasteiger partial charge in [-0.3, -0.25) is 0 Å². The van der Waals surface area contributed by atoms with Crippen LogP contribution in [0.4, 0.5) is 0 Å². The van der Waals surface area contributed by atoms with Crippen LogP contribution in [0.5, 0.6) is 0 Å². The van der Waals surface area contributed by atoms with Gasteiger partial charge in [0.05, 0.1) is 12.2 Å². The fourth-order valence-corrected chi connectivity index (χ4v) is 2.39. The third-order valence-electron chi connectivity index (χ3n) is 3.18. The summed E-state index contributed by atoms with van der Waals surface area (Å²) in [6.45, 7) is 0.715. The first kappa shape index (κ1) is 11.9. The van der Waals surface area contributed by atoms with Gasteiger partial charge in [-0.15, -0.1) is 0 Å². The first-order valence-electron chi connectivity index (χ1n) is 5.26. The average molecular weight is 203 g/mol. The van der Waals surface area contributed by atoms with E-state index in [-0.39, 0.29) is 18.6 Å². The summed E-state index contributed by atoms with van der Waals surface area (Å²) in [5.74, 6) is 0.318. The van der Waals surface area contributed by atoms with Crippen molar-refractivity contribution in [1.29, 1.82) is 0 Å². The fourth-order valence-electron chi connectivity index (χ4n) is 2.39. The minimum Gasteiger partial charge on any atom is -0.396 e. The van der Waals surface area contributed by atoms with Crippen molar-refractivity contribution in [2.45, 2.75) is 31.5 Å². The van der Waals surface area contributed by atoms with E-state index >= 15 is 0 Å². The van der Waals surface area contributed by atoms with Crippen LogP contribution in [0.3, 0.4) is 0 Å². The van der Waals surface area contributed by atoms with E-state index in [0.29, 0.717) is 12.5 Å². The summed E-state index contributed by atoms with van der Waals surface area (Å²) in [5.41, 5.74) is 5.44. The Labute approximate surface area is 85.1 Å². The third-order valence-corrected chi connectivity index (χ3v) is 3.18. The van der Waals surface area contributed by atoms with Crippen molar-refractivity contribution in [1.82, 2.24) is 0 Å². The molecule has 0 radical (unpaired) electrons. The number of hydrogen-bond acceptors (Lipinski definition) is 4. The van der Waals surface area contributed by atoms with Crippen molar-refractivity contribution < 1.29 is 14.9 Å². The maximum absolute atomic E-state index is 9.80. The maximum Gasteiger partial charge on any atom is 0.0861 e. The quantitative estimate of drug-likeness (QED) is 0.575. The molecule has 0 bridgehead atoms. The molecule has 1 aliphatic rings. The summed E-state index contributed by atoms with van der Waals surface area (Å²) in [5, 5.41) is 18.9. The van der Waals surface area contributed by atoms with E-state index in [2.05, 4.69) is 0 Å². The van der Waals surface area contributed by atoms with Crippen molar-refractivity contribution in [2.24, 2.45) is 17.6 Å². The van der Waals surface area contributed by atoms with Gasteiger partial charge in [-0.1, -0.05) is 0 Å². The number of aliphatic hydroxyl groups is 2. The van der Waals surface area contributed by atoms with Crippen molar-refractivity contribution in [3.05, 3.63) is 0 Å². The highest BCUT2D eigenvalue weighted by molar-refractivity contribution is 4.91. The van der Waals surface area contributed by atoms with Crippen LogP contribution in [0.2, 0.25) is 0 Å². The van der Waals surface area contributed by atoms with Crippen LogP contribution in [0, 0.1) is 11.8 Å². The Morgan fingerprint density at radius 2 is 2.14 bits per heavy atom. The molecule has 0 aliphatic heterocycles. The summed E-state index contributed by atoms with van der Waals surface area (Å²) in [6, 6.07) is 0. The number of ether oxygens (including phenoxy) is 1. The zero-order chi connectivity index (χ0) is 10.6. The fraction of sp³-hybridized carbons (Fsp3) is 1.00. The molecule has 0 aromatic heterocycles. The molecular weight excluding hydrogens is 182 g/mol. The van der Waals surface area contributed by atoms with Gasteiger partial charge in [0, 0.05) is 19.6 Å². The molecule has 0 amide bonds. The van der Waals surface area contributed by atoms with Gasteiger partial charge in [-0.25, -0.2) is 0 Å². The largest absolute Gasteiger partial charge is 0.396 e. The SMILES string of the molecule is COC1C(CCCN)CC(CO)C1O. The molecule has 1 saturated carbocycles. The average Bonchev–Trinajstić information content (AvgIpc) is 2.51. The van der Waals surface area contributed by atoms with Gasteiger partial charge < -0.3 is 20.7 Å². The van der Waals surface area contributed by atoms with Gasteiger partial charge in [0.2, 0.25) is 0 Å². The molecule has 4 unspecified atom stereocenters. The van der Waals surface area contributed by atoms with Gasteiger partial charge in [-0.2, -0.15) is 0 Å². The summed E-state index contributed by atoms with van der Waals surface area (Å²) in [7, 11) is 1.61. The molecule has 0 aromatic rings. The van der Waals surface area contributed by atoms with Gasteiger partial charge in [0.15, 0.2) is 0 Å². The van der Waals surface area contributed by atoms with Crippen LogP contribution in [-0.2, 0) is 4.74 Å². The minimum absolute atomic E-state index is 0.0253. The molecule has 0 saturated heterocycles. The van der Waals surface area contributed by atoms with E-state index in [1.807, 2.05) is 0 Å². The van der Waals surface area contributed by atoms with Crippen molar-refractivity contribution >= 4 is 0 Å². The molecule has 4 N–H and O–H groups in total. The molecule has 4 atom stereocenters. The van der Waals surface area contributed by atoms with Crippen LogP contribution in [0.1, 0.15) is 19.3 Å². The second-order valence-corrected chi connectivity index (χ2v) is 4.06. The van der Waals surface area contributed by atoms with E-state index in [1.165, 1.54) is 0 Å². The third kappa shape index (κ3) is 2.45. The van der Waals surface area contributed by atoms with E-state index in [1.54, 1.807) is 7.11 Å². The normalized spacial score (nSPS) is 37.7. The van der Waals surface area contributed by atoms with Gasteiger partial charge in [0.1, 0.15) is 0 Å². The van der Waals surface area contributed by atoms with E-state index in [9.17, 15) is 5.11 Å². The van der Waals surface area contributed by atoms with Crippen LogP contribution in [0.15, 0.2) is 0 Å². The highest BCUT2D eigenvalue weighted by Gasteiger charge is 2.41.